The summed E-state index contributed by atoms with van der Waals surface area (Å²) in [5, 5.41) is 11.6. The molecule has 1 unspecified atom stereocenters. The molecule has 0 aliphatic carbocycles. The minimum absolute atomic E-state index is 0.0725. The number of aliphatic hydroxyl groups is 1. The Morgan fingerprint density at radius 3 is 2.86 bits per heavy atom. The second-order valence-electron chi connectivity index (χ2n) is 5.44. The molecule has 1 amide bonds. The van der Waals surface area contributed by atoms with E-state index in [9.17, 15) is 4.79 Å². The quantitative estimate of drug-likeness (QED) is 0.565. The van der Waals surface area contributed by atoms with Crippen LogP contribution < -0.4 is 16.0 Å². The number of amides is 1. The van der Waals surface area contributed by atoms with Gasteiger partial charge < -0.3 is 21.1 Å². The molecular formula is C16H23N3O2. The van der Waals surface area contributed by atoms with E-state index in [2.05, 4.69) is 10.2 Å². The molecule has 1 aromatic carbocycles. The highest BCUT2D eigenvalue weighted by Crippen LogP contribution is 2.27. The number of nitrogen functional groups attached to an aromatic ring is 1. The van der Waals surface area contributed by atoms with Crippen LogP contribution >= 0.6 is 0 Å². The lowest BCUT2D eigenvalue weighted by Gasteiger charge is -2.20. The van der Waals surface area contributed by atoms with Crippen LogP contribution in [0.2, 0.25) is 0 Å². The molecule has 1 aliphatic rings. The van der Waals surface area contributed by atoms with Crippen molar-refractivity contribution in [1.29, 1.82) is 0 Å². The number of nitrogens with zero attached hydrogens (tertiary/aromatic N) is 1. The van der Waals surface area contributed by atoms with Crippen molar-refractivity contribution in [3.8, 4) is 0 Å². The predicted octanol–water partition coefficient (Wildman–Crippen LogP) is 1.38. The zero-order valence-corrected chi connectivity index (χ0v) is 12.4. The summed E-state index contributed by atoms with van der Waals surface area (Å²) < 4.78 is 0. The van der Waals surface area contributed by atoms with Gasteiger partial charge >= 0.3 is 0 Å². The average Bonchev–Trinajstić information content (AvgIpc) is 2.99. The first-order valence-corrected chi connectivity index (χ1v) is 7.34. The first-order valence-electron chi connectivity index (χ1n) is 7.34. The molecule has 1 fully saturated rings. The molecule has 5 heteroatoms. The van der Waals surface area contributed by atoms with Gasteiger partial charge in [0.2, 0.25) is 5.91 Å². The van der Waals surface area contributed by atoms with Crippen LogP contribution in [0, 0.1) is 0 Å². The summed E-state index contributed by atoms with van der Waals surface area (Å²) in [6.45, 7) is 3.76. The zero-order valence-electron chi connectivity index (χ0n) is 12.4. The van der Waals surface area contributed by atoms with Crippen molar-refractivity contribution in [1.82, 2.24) is 5.32 Å². The van der Waals surface area contributed by atoms with E-state index in [-0.39, 0.29) is 18.6 Å². The Bertz CT molecular complexity index is 522. The molecule has 0 radical (unpaired) electrons. The van der Waals surface area contributed by atoms with E-state index in [1.807, 2.05) is 18.2 Å². The van der Waals surface area contributed by atoms with Crippen LogP contribution in [0.5, 0.6) is 0 Å². The number of rotatable bonds is 5. The van der Waals surface area contributed by atoms with Crippen LogP contribution in [0.15, 0.2) is 24.3 Å². The second kappa shape index (κ2) is 7.13. The number of aliphatic hydroxyl groups excluding tert-OH is 1. The van der Waals surface area contributed by atoms with E-state index in [1.54, 1.807) is 13.0 Å². The van der Waals surface area contributed by atoms with Crippen LogP contribution in [-0.2, 0) is 4.79 Å². The molecule has 0 aromatic heterocycles. The molecule has 1 saturated heterocycles. The van der Waals surface area contributed by atoms with Crippen molar-refractivity contribution in [2.45, 2.75) is 25.8 Å². The highest BCUT2D eigenvalue weighted by Gasteiger charge is 2.15. The first kappa shape index (κ1) is 15.4. The monoisotopic (exact) mass is 289 g/mol. The molecule has 0 spiro atoms. The number of benzene rings is 1. The maximum absolute atomic E-state index is 11.7. The molecule has 1 aromatic rings. The molecule has 1 atom stereocenters. The number of carbonyl (C=O) groups is 1. The molecule has 5 nitrogen and oxygen atoms in total. The fourth-order valence-electron chi connectivity index (χ4n) is 2.45. The average molecular weight is 289 g/mol. The second-order valence-corrected chi connectivity index (χ2v) is 5.44. The summed E-state index contributed by atoms with van der Waals surface area (Å²) in [4.78, 5) is 14.1. The maximum atomic E-state index is 11.7. The largest absolute Gasteiger partial charge is 0.399 e. The fraction of sp³-hybridized carbons (Fsp3) is 0.438. The van der Waals surface area contributed by atoms with Gasteiger partial charge in [0, 0.05) is 42.1 Å². The Labute approximate surface area is 125 Å². The number of nitrogens with two attached hydrogens (primary N) is 1. The van der Waals surface area contributed by atoms with Crippen LogP contribution in [0.25, 0.3) is 6.08 Å². The molecule has 21 heavy (non-hydrogen) atoms. The number of carbonyl (C=O) groups excluding carboxylic acids is 1. The van der Waals surface area contributed by atoms with Gasteiger partial charge in [-0.3, -0.25) is 4.79 Å². The third-order valence-corrected chi connectivity index (χ3v) is 3.58. The van der Waals surface area contributed by atoms with Crippen molar-refractivity contribution in [2.75, 3.05) is 30.3 Å². The minimum Gasteiger partial charge on any atom is -0.399 e. The van der Waals surface area contributed by atoms with Gasteiger partial charge in [0.15, 0.2) is 0 Å². The van der Waals surface area contributed by atoms with Crippen LogP contribution in [-0.4, -0.2) is 36.8 Å². The topological polar surface area (TPSA) is 78.6 Å². The Kier molecular flexibility index (Phi) is 5.22. The van der Waals surface area contributed by atoms with E-state index in [0.717, 1.165) is 24.3 Å². The Morgan fingerprint density at radius 2 is 2.19 bits per heavy atom. The van der Waals surface area contributed by atoms with E-state index < -0.39 is 0 Å². The van der Waals surface area contributed by atoms with Gasteiger partial charge in [-0.15, -0.1) is 0 Å². The summed E-state index contributed by atoms with van der Waals surface area (Å²) in [6.07, 6.45) is 5.66. The predicted molar refractivity (Wildman–Crippen MR) is 86.0 cm³/mol. The van der Waals surface area contributed by atoms with Gasteiger partial charge in [-0.1, -0.05) is 0 Å². The van der Waals surface area contributed by atoms with Crippen molar-refractivity contribution in [3.63, 3.8) is 0 Å². The molecule has 4 N–H and O–H groups in total. The third kappa shape index (κ3) is 4.23. The number of nitrogens with one attached hydrogen (secondary N) is 1. The zero-order chi connectivity index (χ0) is 15.2. The van der Waals surface area contributed by atoms with Crippen molar-refractivity contribution >= 4 is 23.4 Å². The standard InChI is InChI=1S/C16H23N3O2/c1-12(11-20)18-16(21)7-4-13-10-14(17)5-6-15(13)19-8-2-3-9-19/h4-7,10,12,20H,2-3,8-9,11,17H2,1H3,(H,18,21). The lowest BCUT2D eigenvalue weighted by molar-refractivity contribution is -0.117. The van der Waals surface area contributed by atoms with Crippen LogP contribution in [0.3, 0.4) is 0 Å². The van der Waals surface area contributed by atoms with Gasteiger partial charge in [0.25, 0.3) is 0 Å². The number of hydrogen-bond donors (Lipinski definition) is 3. The summed E-state index contributed by atoms with van der Waals surface area (Å²) in [7, 11) is 0. The maximum Gasteiger partial charge on any atom is 0.244 e. The van der Waals surface area contributed by atoms with Crippen molar-refractivity contribution in [3.05, 3.63) is 29.8 Å². The summed E-state index contributed by atoms with van der Waals surface area (Å²) in [5.41, 5.74) is 8.59. The molecular weight excluding hydrogens is 266 g/mol. The van der Waals surface area contributed by atoms with E-state index in [1.165, 1.54) is 18.9 Å². The molecule has 0 saturated carbocycles. The van der Waals surface area contributed by atoms with E-state index >= 15 is 0 Å². The van der Waals surface area contributed by atoms with E-state index in [0.29, 0.717) is 5.69 Å². The number of anilines is 2. The summed E-state index contributed by atoms with van der Waals surface area (Å²) >= 11 is 0. The van der Waals surface area contributed by atoms with Gasteiger partial charge in [-0.05, 0) is 44.0 Å². The molecule has 0 bridgehead atoms. The van der Waals surface area contributed by atoms with Crippen molar-refractivity contribution < 1.29 is 9.90 Å². The van der Waals surface area contributed by atoms with Gasteiger partial charge in [-0.2, -0.15) is 0 Å². The first-order chi connectivity index (χ1) is 10.1. The Balaban J connectivity index is 2.14. The Morgan fingerprint density at radius 1 is 1.48 bits per heavy atom. The lowest BCUT2D eigenvalue weighted by Crippen LogP contribution is -2.33. The molecule has 1 heterocycles. The molecule has 2 rings (SSSR count). The molecule has 114 valence electrons. The highest BCUT2D eigenvalue weighted by atomic mass is 16.3. The van der Waals surface area contributed by atoms with Gasteiger partial charge in [0.05, 0.1) is 6.61 Å². The van der Waals surface area contributed by atoms with Gasteiger partial charge in [0.1, 0.15) is 0 Å². The lowest BCUT2D eigenvalue weighted by atomic mass is 10.1. The summed E-state index contributed by atoms with van der Waals surface area (Å²) in [6, 6.07) is 5.53. The summed E-state index contributed by atoms with van der Waals surface area (Å²) in [5.74, 6) is -0.216. The number of hydrogen-bond acceptors (Lipinski definition) is 4. The smallest absolute Gasteiger partial charge is 0.244 e. The highest BCUT2D eigenvalue weighted by molar-refractivity contribution is 5.93. The Hall–Kier alpha value is -2.01. The third-order valence-electron chi connectivity index (χ3n) is 3.58. The van der Waals surface area contributed by atoms with E-state index in [4.69, 9.17) is 10.8 Å². The molecule has 1 aliphatic heterocycles. The normalized spacial score (nSPS) is 16.4. The minimum atomic E-state index is -0.249. The van der Waals surface area contributed by atoms with Crippen LogP contribution in [0.4, 0.5) is 11.4 Å². The van der Waals surface area contributed by atoms with Crippen molar-refractivity contribution in [2.24, 2.45) is 0 Å². The van der Waals surface area contributed by atoms with Crippen LogP contribution in [0.1, 0.15) is 25.3 Å². The van der Waals surface area contributed by atoms with Gasteiger partial charge in [-0.25, -0.2) is 0 Å². The SMILES string of the molecule is CC(CO)NC(=O)C=Cc1cc(N)ccc1N1CCCC1. The fourth-order valence-corrected chi connectivity index (χ4v) is 2.45.